The van der Waals surface area contributed by atoms with Crippen LogP contribution >= 0.6 is 0 Å². The van der Waals surface area contributed by atoms with Crippen LogP contribution in [-0.4, -0.2) is 43.8 Å². The summed E-state index contributed by atoms with van der Waals surface area (Å²) in [6, 6.07) is 9.01. The fourth-order valence-corrected chi connectivity index (χ4v) is 4.06. The first-order chi connectivity index (χ1) is 16.9. The molecule has 0 bridgehead atoms. The molecular weight excluding hydrogens is 458 g/mol. The van der Waals surface area contributed by atoms with Crippen molar-refractivity contribution in [3.05, 3.63) is 108 Å². The Morgan fingerprint density at radius 3 is 2.34 bits per heavy atom. The lowest BCUT2D eigenvalue weighted by molar-refractivity contribution is -0.0342. The Kier molecular flexibility index (Phi) is 5.57. The third kappa shape index (κ3) is 4.04. The summed E-state index contributed by atoms with van der Waals surface area (Å²) in [4.78, 5) is 21.1. The Labute approximate surface area is 197 Å². The number of hydrogen-bond acceptors (Lipinski definition) is 6. The number of aliphatic hydroxyl groups is 1. The van der Waals surface area contributed by atoms with Gasteiger partial charge in [-0.2, -0.15) is 10.2 Å². The average Bonchev–Trinajstić information content (AvgIpc) is 3.61. The fourth-order valence-electron chi connectivity index (χ4n) is 4.06. The van der Waals surface area contributed by atoms with Crippen LogP contribution in [0.25, 0.3) is 11.4 Å². The van der Waals surface area contributed by atoms with Crippen LogP contribution in [0.4, 0.5) is 8.78 Å². The Morgan fingerprint density at radius 2 is 1.69 bits per heavy atom. The maximum absolute atomic E-state index is 14.8. The van der Waals surface area contributed by atoms with Crippen LogP contribution in [-0.2, 0) is 12.1 Å². The molecule has 2 atom stereocenters. The molecule has 35 heavy (non-hydrogen) atoms. The maximum atomic E-state index is 14.8. The fraction of sp³-hybridized carbons (Fsp3) is 0.174. The van der Waals surface area contributed by atoms with Crippen molar-refractivity contribution < 1.29 is 13.9 Å². The maximum Gasteiger partial charge on any atom is 0.333 e. The van der Waals surface area contributed by atoms with Crippen molar-refractivity contribution in [2.75, 3.05) is 0 Å². The highest BCUT2D eigenvalue weighted by Crippen LogP contribution is 2.36. The van der Waals surface area contributed by atoms with Crippen molar-refractivity contribution in [2.45, 2.75) is 25.1 Å². The molecule has 2 unspecified atom stereocenters. The molecule has 0 amide bonds. The lowest BCUT2D eigenvalue weighted by Gasteiger charge is -2.35. The van der Waals surface area contributed by atoms with E-state index in [1.54, 1.807) is 48.4 Å². The molecule has 0 aliphatic heterocycles. The van der Waals surface area contributed by atoms with E-state index < -0.39 is 29.0 Å². The first kappa shape index (κ1) is 22.3. The third-order valence-corrected chi connectivity index (χ3v) is 5.99. The van der Waals surface area contributed by atoms with E-state index in [2.05, 4.69) is 20.2 Å². The number of aromatic nitrogens is 8. The smallest absolute Gasteiger partial charge is 0.333 e. The van der Waals surface area contributed by atoms with Crippen LogP contribution < -0.4 is 5.69 Å². The van der Waals surface area contributed by atoms with Gasteiger partial charge in [0.15, 0.2) is 0 Å². The molecule has 2 aromatic carbocycles. The van der Waals surface area contributed by atoms with Gasteiger partial charge in [-0.1, -0.05) is 6.07 Å². The highest BCUT2D eigenvalue weighted by atomic mass is 19.1. The molecule has 5 rings (SSSR count). The van der Waals surface area contributed by atoms with Gasteiger partial charge in [0, 0.05) is 24.0 Å². The quantitative estimate of drug-likeness (QED) is 0.384. The molecule has 0 saturated carbocycles. The van der Waals surface area contributed by atoms with Gasteiger partial charge in [-0.15, -0.1) is 0 Å². The minimum Gasteiger partial charge on any atom is -0.381 e. The molecule has 0 radical (unpaired) electrons. The highest BCUT2D eigenvalue weighted by molar-refractivity contribution is 5.41. The number of imidazole rings is 1. The number of halogens is 2. The second kappa shape index (κ2) is 8.72. The van der Waals surface area contributed by atoms with Crippen LogP contribution in [0, 0.1) is 11.6 Å². The largest absolute Gasteiger partial charge is 0.381 e. The van der Waals surface area contributed by atoms with Gasteiger partial charge in [-0.3, -0.25) is 9.13 Å². The summed E-state index contributed by atoms with van der Waals surface area (Å²) in [5.74, 6) is -1.71. The summed E-state index contributed by atoms with van der Waals surface area (Å²) in [6.45, 7) is 1.36. The van der Waals surface area contributed by atoms with Gasteiger partial charge in [0.25, 0.3) is 0 Å². The summed E-state index contributed by atoms with van der Waals surface area (Å²) in [5.41, 5.74) is -1.23. The van der Waals surface area contributed by atoms with E-state index in [4.69, 9.17) is 0 Å². The molecule has 0 saturated heterocycles. The third-order valence-electron chi connectivity index (χ3n) is 5.99. The van der Waals surface area contributed by atoms with Gasteiger partial charge in [-0.25, -0.2) is 32.9 Å². The predicted molar refractivity (Wildman–Crippen MR) is 120 cm³/mol. The van der Waals surface area contributed by atoms with Crippen LogP contribution in [0.2, 0.25) is 0 Å². The highest BCUT2D eigenvalue weighted by Gasteiger charge is 2.41. The summed E-state index contributed by atoms with van der Waals surface area (Å²) in [6.07, 6.45) is 8.68. The van der Waals surface area contributed by atoms with E-state index in [-0.39, 0.29) is 12.1 Å². The number of rotatable bonds is 7. The monoisotopic (exact) mass is 478 g/mol. The van der Waals surface area contributed by atoms with Crippen molar-refractivity contribution >= 4 is 0 Å². The molecule has 1 N–H and O–H groups in total. The van der Waals surface area contributed by atoms with Gasteiger partial charge < -0.3 is 5.11 Å². The summed E-state index contributed by atoms with van der Waals surface area (Å²) >= 11 is 0. The molecule has 5 aromatic rings. The van der Waals surface area contributed by atoms with E-state index in [1.165, 1.54) is 45.1 Å². The van der Waals surface area contributed by atoms with E-state index in [1.807, 2.05) is 0 Å². The van der Waals surface area contributed by atoms with Gasteiger partial charge in [0.1, 0.15) is 42.5 Å². The summed E-state index contributed by atoms with van der Waals surface area (Å²) in [5, 5.41) is 19.8. The van der Waals surface area contributed by atoms with E-state index in [0.29, 0.717) is 11.8 Å². The molecular formula is C23H20F2N8O2. The van der Waals surface area contributed by atoms with Gasteiger partial charge in [0.2, 0.25) is 0 Å². The molecule has 178 valence electrons. The van der Waals surface area contributed by atoms with Gasteiger partial charge >= 0.3 is 5.69 Å². The Bertz CT molecular complexity index is 1490. The second-order valence-corrected chi connectivity index (χ2v) is 8.03. The number of benzene rings is 2. The summed E-state index contributed by atoms with van der Waals surface area (Å²) < 4.78 is 34.0. The Hall–Kier alpha value is -4.45. The number of hydrogen-bond donors (Lipinski definition) is 1. The van der Waals surface area contributed by atoms with E-state index in [9.17, 15) is 18.7 Å². The van der Waals surface area contributed by atoms with Crippen molar-refractivity contribution in [3.8, 4) is 11.4 Å². The zero-order valence-electron chi connectivity index (χ0n) is 18.5. The predicted octanol–water partition coefficient (Wildman–Crippen LogP) is 2.24. The Balaban J connectivity index is 1.53. The molecule has 0 spiro atoms. The summed E-state index contributed by atoms with van der Waals surface area (Å²) in [7, 11) is 0. The SMILES string of the molecule is CC(n1ccn(-c2ccc(-n3cncn3)cc2)c1=O)C(O)(Cn1cncn1)c1ccc(F)cc1F. The van der Waals surface area contributed by atoms with Crippen molar-refractivity contribution in [1.82, 2.24) is 38.7 Å². The van der Waals surface area contributed by atoms with Crippen LogP contribution in [0.5, 0.6) is 0 Å². The number of nitrogens with zero attached hydrogens (tertiary/aromatic N) is 8. The molecule has 10 nitrogen and oxygen atoms in total. The molecule has 3 aromatic heterocycles. The van der Waals surface area contributed by atoms with E-state index in [0.717, 1.165) is 11.8 Å². The van der Waals surface area contributed by atoms with Crippen LogP contribution in [0.15, 0.2) is 85.0 Å². The minimum atomic E-state index is -1.96. The standard InChI is InChI=1S/C23H20F2N8O2/c1-16(23(35,11-30-14-26-12-28-30)20-7-2-17(24)10-21(20)25)31-8-9-32(22(31)34)18-3-5-19(6-4-18)33-15-27-13-29-33/h2-10,12-16,35H,11H2,1H3. The first-order valence-electron chi connectivity index (χ1n) is 10.6. The molecule has 12 heteroatoms. The zero-order valence-corrected chi connectivity index (χ0v) is 18.5. The topological polar surface area (TPSA) is 109 Å². The lowest BCUT2D eigenvalue weighted by atomic mass is 9.86. The molecule has 3 heterocycles. The average molecular weight is 478 g/mol. The van der Waals surface area contributed by atoms with Crippen LogP contribution in [0.1, 0.15) is 18.5 Å². The zero-order chi connectivity index (χ0) is 24.6. The lowest BCUT2D eigenvalue weighted by Crippen LogP contribution is -2.43. The molecule has 0 aliphatic rings. The second-order valence-electron chi connectivity index (χ2n) is 8.03. The molecule has 0 aliphatic carbocycles. The first-order valence-corrected chi connectivity index (χ1v) is 10.6. The Morgan fingerprint density at radius 1 is 0.971 bits per heavy atom. The van der Waals surface area contributed by atoms with Crippen molar-refractivity contribution in [2.24, 2.45) is 0 Å². The van der Waals surface area contributed by atoms with Crippen molar-refractivity contribution in [1.29, 1.82) is 0 Å². The molecule has 0 fully saturated rings. The minimum absolute atomic E-state index is 0.168. The van der Waals surface area contributed by atoms with Gasteiger partial charge in [0.05, 0.1) is 24.0 Å². The van der Waals surface area contributed by atoms with Gasteiger partial charge in [-0.05, 0) is 37.3 Å². The van der Waals surface area contributed by atoms with Crippen LogP contribution in [0.3, 0.4) is 0 Å². The van der Waals surface area contributed by atoms with Crippen molar-refractivity contribution in [3.63, 3.8) is 0 Å². The van der Waals surface area contributed by atoms with E-state index >= 15 is 0 Å². The normalized spacial score (nSPS) is 14.1.